The molecule has 0 radical (unpaired) electrons. The zero-order valence-electron chi connectivity index (χ0n) is 18.5. The van der Waals surface area contributed by atoms with E-state index in [0.717, 1.165) is 40.0 Å². The van der Waals surface area contributed by atoms with Crippen molar-refractivity contribution in [3.8, 4) is 12.3 Å². The van der Waals surface area contributed by atoms with Gasteiger partial charge in [-0.15, -0.1) is 6.42 Å². The van der Waals surface area contributed by atoms with Crippen LogP contribution in [0.25, 0.3) is 5.57 Å². The molecule has 0 saturated heterocycles. The minimum Gasteiger partial charge on any atom is -0.376 e. The first-order chi connectivity index (χ1) is 13.7. The van der Waals surface area contributed by atoms with E-state index in [9.17, 15) is 0 Å². The van der Waals surface area contributed by atoms with Crippen molar-refractivity contribution in [2.24, 2.45) is 0 Å². The van der Waals surface area contributed by atoms with Crippen molar-refractivity contribution in [1.82, 2.24) is 4.90 Å². The lowest BCUT2D eigenvalue weighted by atomic mass is 9.93. The van der Waals surface area contributed by atoms with Crippen LogP contribution in [0.15, 0.2) is 102 Å². The molecule has 0 aliphatic carbocycles. The predicted molar refractivity (Wildman–Crippen MR) is 130 cm³/mol. The highest BCUT2D eigenvalue weighted by Gasteiger charge is 2.07. The number of nitrogens with zero attached hydrogens (tertiary/aromatic N) is 1. The smallest absolute Gasteiger partial charge is 0.0354 e. The second-order valence-electron chi connectivity index (χ2n) is 7.40. The van der Waals surface area contributed by atoms with E-state index in [0.29, 0.717) is 0 Å². The lowest BCUT2D eigenvalue weighted by molar-refractivity contribution is 0.506. The lowest BCUT2D eigenvalue weighted by Crippen LogP contribution is -2.12. The molecule has 150 valence electrons. The van der Waals surface area contributed by atoms with E-state index in [-0.39, 0.29) is 0 Å². The third kappa shape index (κ3) is 7.35. The Labute approximate surface area is 177 Å². The standard InChI is InChI=1S/C28H33N/c1-10-13-27(25-17-15-24(11-2)16-18-25)26(21(3)4)14-12-19-29(9)20-28(22(5)6)23(7)8/h2,10,12-18,20H,1,5,7,19H2,3-4,6,8-9H3/b14-12+,27-13-. The molecule has 0 aliphatic rings. The number of hydrogen-bond acceptors (Lipinski definition) is 1. The van der Waals surface area contributed by atoms with Gasteiger partial charge in [0.15, 0.2) is 0 Å². The second-order valence-corrected chi connectivity index (χ2v) is 7.40. The molecule has 0 atom stereocenters. The van der Waals surface area contributed by atoms with Crippen molar-refractivity contribution in [1.29, 1.82) is 0 Å². The third-order valence-corrected chi connectivity index (χ3v) is 4.42. The molecule has 0 amide bonds. The van der Waals surface area contributed by atoms with Gasteiger partial charge >= 0.3 is 0 Å². The van der Waals surface area contributed by atoms with Crippen molar-refractivity contribution < 1.29 is 0 Å². The van der Waals surface area contributed by atoms with Gasteiger partial charge in [0.2, 0.25) is 0 Å². The molecule has 0 heterocycles. The predicted octanol–water partition coefficient (Wildman–Crippen LogP) is 7.10. The molecule has 1 nitrogen and oxygen atoms in total. The zero-order valence-corrected chi connectivity index (χ0v) is 18.5. The first-order valence-corrected chi connectivity index (χ1v) is 9.69. The van der Waals surface area contributed by atoms with Crippen molar-refractivity contribution in [3.05, 3.63) is 113 Å². The zero-order chi connectivity index (χ0) is 22.0. The Morgan fingerprint density at radius 3 is 2.10 bits per heavy atom. The van der Waals surface area contributed by atoms with Gasteiger partial charge in [-0.25, -0.2) is 0 Å². The summed E-state index contributed by atoms with van der Waals surface area (Å²) in [5.41, 5.74) is 8.65. The maximum absolute atomic E-state index is 5.49. The highest BCUT2D eigenvalue weighted by molar-refractivity contribution is 5.83. The van der Waals surface area contributed by atoms with E-state index in [4.69, 9.17) is 6.42 Å². The minimum absolute atomic E-state index is 0.776. The Balaban J connectivity index is 3.14. The van der Waals surface area contributed by atoms with Gasteiger partial charge in [-0.2, -0.15) is 0 Å². The van der Waals surface area contributed by atoms with Crippen LogP contribution in [0.4, 0.5) is 0 Å². The summed E-state index contributed by atoms with van der Waals surface area (Å²) < 4.78 is 0. The summed E-state index contributed by atoms with van der Waals surface area (Å²) in [6, 6.07) is 8.05. The average Bonchev–Trinajstić information content (AvgIpc) is 2.67. The summed E-state index contributed by atoms with van der Waals surface area (Å²) in [6.45, 7) is 21.0. The number of allylic oxidation sites excluding steroid dienone is 9. The van der Waals surface area contributed by atoms with E-state index in [1.807, 2.05) is 38.1 Å². The van der Waals surface area contributed by atoms with Crippen LogP contribution in [0.1, 0.15) is 38.8 Å². The molecule has 0 N–H and O–H groups in total. The summed E-state index contributed by atoms with van der Waals surface area (Å²) in [5.74, 6) is 2.67. The molecular formula is C28H33N. The molecule has 0 bridgehead atoms. The maximum Gasteiger partial charge on any atom is 0.0354 e. The van der Waals surface area contributed by atoms with Crippen molar-refractivity contribution in [3.63, 3.8) is 0 Å². The van der Waals surface area contributed by atoms with Crippen LogP contribution >= 0.6 is 0 Å². The van der Waals surface area contributed by atoms with Crippen LogP contribution in [0.3, 0.4) is 0 Å². The Hall–Kier alpha value is -3.24. The van der Waals surface area contributed by atoms with Gasteiger partial charge < -0.3 is 4.90 Å². The van der Waals surface area contributed by atoms with E-state index in [1.54, 1.807) is 0 Å². The molecule has 0 spiro atoms. The molecular weight excluding hydrogens is 350 g/mol. The molecule has 29 heavy (non-hydrogen) atoms. The summed E-state index contributed by atoms with van der Waals surface area (Å²) in [5, 5.41) is 0. The Morgan fingerprint density at radius 2 is 1.66 bits per heavy atom. The lowest BCUT2D eigenvalue weighted by Gasteiger charge is -2.16. The van der Waals surface area contributed by atoms with Gasteiger partial charge in [0.05, 0.1) is 0 Å². The van der Waals surface area contributed by atoms with Crippen LogP contribution in [0.2, 0.25) is 0 Å². The number of hydrogen-bond donors (Lipinski definition) is 0. The van der Waals surface area contributed by atoms with Crippen LogP contribution in [-0.4, -0.2) is 18.5 Å². The molecule has 1 rings (SSSR count). The van der Waals surface area contributed by atoms with Crippen molar-refractivity contribution in [2.75, 3.05) is 13.6 Å². The summed E-state index contributed by atoms with van der Waals surface area (Å²) in [7, 11) is 2.05. The minimum atomic E-state index is 0.776. The number of rotatable bonds is 9. The fraction of sp³-hybridized carbons (Fsp3) is 0.214. The van der Waals surface area contributed by atoms with Gasteiger partial charge in [-0.05, 0) is 73.3 Å². The van der Waals surface area contributed by atoms with Crippen LogP contribution < -0.4 is 0 Å². The maximum atomic E-state index is 5.49. The van der Waals surface area contributed by atoms with Gasteiger partial charge in [-0.3, -0.25) is 0 Å². The molecule has 0 aliphatic heterocycles. The van der Waals surface area contributed by atoms with Crippen molar-refractivity contribution >= 4 is 5.57 Å². The summed E-state index contributed by atoms with van der Waals surface area (Å²) >= 11 is 0. The molecule has 1 aromatic rings. The topological polar surface area (TPSA) is 3.24 Å². The van der Waals surface area contributed by atoms with Crippen LogP contribution in [0.5, 0.6) is 0 Å². The van der Waals surface area contributed by atoms with Gasteiger partial charge in [0.1, 0.15) is 0 Å². The van der Waals surface area contributed by atoms with E-state index in [1.165, 1.54) is 11.1 Å². The fourth-order valence-corrected chi connectivity index (χ4v) is 2.93. The van der Waals surface area contributed by atoms with E-state index < -0.39 is 0 Å². The molecule has 0 aromatic heterocycles. The quantitative estimate of drug-likeness (QED) is 0.325. The van der Waals surface area contributed by atoms with Gasteiger partial charge in [0, 0.05) is 25.4 Å². The highest BCUT2D eigenvalue weighted by atomic mass is 15.1. The normalized spacial score (nSPS) is 10.8. The highest BCUT2D eigenvalue weighted by Crippen LogP contribution is 2.27. The Bertz CT molecular complexity index is 902. The van der Waals surface area contributed by atoms with Crippen molar-refractivity contribution in [2.45, 2.75) is 27.7 Å². The fourth-order valence-electron chi connectivity index (χ4n) is 2.93. The Kier molecular flexibility index (Phi) is 9.49. The van der Waals surface area contributed by atoms with Crippen LogP contribution in [-0.2, 0) is 0 Å². The summed E-state index contributed by atoms with van der Waals surface area (Å²) in [6.07, 6.45) is 15.8. The average molecular weight is 384 g/mol. The first-order valence-electron chi connectivity index (χ1n) is 9.69. The molecule has 0 fully saturated rings. The largest absolute Gasteiger partial charge is 0.376 e. The number of terminal acetylenes is 1. The van der Waals surface area contributed by atoms with Gasteiger partial charge in [0.25, 0.3) is 0 Å². The Morgan fingerprint density at radius 1 is 1.07 bits per heavy atom. The SMILES string of the molecule is C#Cc1ccc(/C(=C/C=C)C(/C=C/CN(C)C=C(C(=C)C)C(=C)C)=C(C)C)cc1. The monoisotopic (exact) mass is 383 g/mol. The number of likely N-dealkylation sites (N-methyl/N-ethyl adjacent to an activating group) is 1. The van der Waals surface area contributed by atoms with Gasteiger partial charge in [-0.1, -0.05) is 67.7 Å². The first kappa shape index (κ1) is 23.8. The van der Waals surface area contributed by atoms with Crippen LogP contribution in [0, 0.1) is 12.3 Å². The molecule has 1 aromatic carbocycles. The number of benzene rings is 1. The second kappa shape index (κ2) is 11.6. The summed E-state index contributed by atoms with van der Waals surface area (Å²) in [4.78, 5) is 2.14. The molecule has 1 heteroatoms. The molecule has 0 unspecified atom stereocenters. The molecule has 0 saturated carbocycles. The van der Waals surface area contributed by atoms with E-state index >= 15 is 0 Å². The van der Waals surface area contributed by atoms with E-state index in [2.05, 4.69) is 81.9 Å². The third-order valence-electron chi connectivity index (χ3n) is 4.42.